The first-order valence-corrected chi connectivity index (χ1v) is 6.74. The number of ketones is 1. The highest BCUT2D eigenvalue weighted by molar-refractivity contribution is 9.10. The first-order valence-electron chi connectivity index (χ1n) is 4.75. The number of carbonyl (C=O) groups is 1. The van der Waals surface area contributed by atoms with Crippen LogP contribution in [-0.4, -0.2) is 5.78 Å². The molecule has 0 amide bonds. The summed E-state index contributed by atoms with van der Waals surface area (Å²) in [5.74, 6) is -0.674. The minimum atomic E-state index is -0.449. The summed E-state index contributed by atoms with van der Waals surface area (Å²) < 4.78 is 14.1. The molecule has 5 heteroatoms. The van der Waals surface area contributed by atoms with Crippen molar-refractivity contribution in [2.75, 3.05) is 0 Å². The summed E-state index contributed by atoms with van der Waals surface area (Å²) in [6, 6.07) is 6.11. The molecule has 2 aromatic rings. The number of carbonyl (C=O) groups excluding carboxylic acids is 1. The standard InChI is InChI=1S/C12H7BrClFOS/c1-6-5-9(17-12(6)14)11(16)7-3-2-4-8(15)10(7)13/h2-5H,1H3. The molecule has 0 unspecified atom stereocenters. The van der Waals surface area contributed by atoms with Gasteiger partial charge < -0.3 is 0 Å². The van der Waals surface area contributed by atoms with E-state index >= 15 is 0 Å². The van der Waals surface area contributed by atoms with E-state index in [1.54, 1.807) is 12.1 Å². The van der Waals surface area contributed by atoms with Crippen LogP contribution in [0.1, 0.15) is 20.8 Å². The number of benzene rings is 1. The molecule has 1 aromatic carbocycles. The van der Waals surface area contributed by atoms with E-state index in [4.69, 9.17) is 11.6 Å². The molecule has 1 nitrogen and oxygen atoms in total. The quantitative estimate of drug-likeness (QED) is 0.719. The molecule has 0 aliphatic rings. The first kappa shape index (κ1) is 12.7. The van der Waals surface area contributed by atoms with Gasteiger partial charge in [-0.1, -0.05) is 17.7 Å². The average Bonchev–Trinajstić information content (AvgIpc) is 2.62. The third-order valence-corrected chi connectivity index (χ3v) is 4.64. The van der Waals surface area contributed by atoms with Gasteiger partial charge in [-0.3, -0.25) is 4.79 Å². The minimum absolute atomic E-state index is 0.187. The molecule has 0 atom stereocenters. The zero-order valence-electron chi connectivity index (χ0n) is 8.76. The monoisotopic (exact) mass is 332 g/mol. The summed E-state index contributed by atoms with van der Waals surface area (Å²) in [4.78, 5) is 12.7. The molecule has 88 valence electrons. The van der Waals surface area contributed by atoms with Crippen LogP contribution in [0.15, 0.2) is 28.7 Å². The second kappa shape index (κ2) is 4.88. The molecule has 1 aromatic heterocycles. The fourth-order valence-electron chi connectivity index (χ4n) is 1.38. The van der Waals surface area contributed by atoms with Crippen LogP contribution in [0.5, 0.6) is 0 Å². The molecular formula is C12H7BrClFOS. The molecule has 0 saturated heterocycles. The number of hydrogen-bond donors (Lipinski definition) is 0. The van der Waals surface area contributed by atoms with Gasteiger partial charge in [-0.05, 0) is 46.6 Å². The number of thiophene rings is 1. The third-order valence-electron chi connectivity index (χ3n) is 2.28. The Balaban J connectivity index is 2.47. The van der Waals surface area contributed by atoms with Crippen LogP contribution < -0.4 is 0 Å². The van der Waals surface area contributed by atoms with Gasteiger partial charge in [0.1, 0.15) is 5.82 Å². The smallest absolute Gasteiger partial charge is 0.204 e. The van der Waals surface area contributed by atoms with Gasteiger partial charge in [0.15, 0.2) is 0 Å². The van der Waals surface area contributed by atoms with Crippen LogP contribution in [0.2, 0.25) is 4.34 Å². The van der Waals surface area contributed by atoms with Gasteiger partial charge in [-0.2, -0.15) is 0 Å². The second-order valence-corrected chi connectivity index (χ2v) is 5.95. The van der Waals surface area contributed by atoms with E-state index < -0.39 is 5.82 Å². The maximum absolute atomic E-state index is 13.3. The molecule has 0 aliphatic heterocycles. The Morgan fingerprint density at radius 3 is 2.76 bits per heavy atom. The lowest BCUT2D eigenvalue weighted by atomic mass is 10.1. The molecule has 1 heterocycles. The molecule has 0 saturated carbocycles. The van der Waals surface area contributed by atoms with Crippen molar-refractivity contribution < 1.29 is 9.18 Å². The van der Waals surface area contributed by atoms with E-state index in [-0.39, 0.29) is 10.3 Å². The zero-order chi connectivity index (χ0) is 12.6. The topological polar surface area (TPSA) is 17.1 Å². The summed E-state index contributed by atoms with van der Waals surface area (Å²) in [7, 11) is 0. The van der Waals surface area contributed by atoms with Crippen molar-refractivity contribution in [3.05, 3.63) is 54.9 Å². The van der Waals surface area contributed by atoms with Crippen molar-refractivity contribution in [1.82, 2.24) is 0 Å². The Labute approximate surface area is 115 Å². The molecule has 0 N–H and O–H groups in total. The number of rotatable bonds is 2. The van der Waals surface area contributed by atoms with Gasteiger partial charge in [0, 0.05) is 5.56 Å². The Hall–Kier alpha value is -0.710. The van der Waals surface area contributed by atoms with Crippen molar-refractivity contribution >= 4 is 44.7 Å². The predicted molar refractivity (Wildman–Crippen MR) is 71.6 cm³/mol. The summed E-state index contributed by atoms with van der Waals surface area (Å²) in [6.07, 6.45) is 0. The van der Waals surface area contributed by atoms with Crippen LogP contribution in [0.4, 0.5) is 4.39 Å². The number of hydrogen-bond acceptors (Lipinski definition) is 2. The highest BCUT2D eigenvalue weighted by Crippen LogP contribution is 2.30. The highest BCUT2D eigenvalue weighted by atomic mass is 79.9. The van der Waals surface area contributed by atoms with E-state index in [0.717, 1.165) is 5.56 Å². The maximum atomic E-state index is 13.3. The van der Waals surface area contributed by atoms with Crippen molar-refractivity contribution in [2.24, 2.45) is 0 Å². The van der Waals surface area contributed by atoms with Crippen molar-refractivity contribution in [3.8, 4) is 0 Å². The zero-order valence-corrected chi connectivity index (χ0v) is 11.9. The lowest BCUT2D eigenvalue weighted by molar-refractivity contribution is 0.104. The number of aryl methyl sites for hydroxylation is 1. The van der Waals surface area contributed by atoms with E-state index in [2.05, 4.69) is 15.9 Å². The fourth-order valence-corrected chi connectivity index (χ4v) is 2.98. The molecule has 0 bridgehead atoms. The Morgan fingerprint density at radius 2 is 2.18 bits per heavy atom. The SMILES string of the molecule is Cc1cc(C(=O)c2cccc(F)c2Br)sc1Cl. The van der Waals surface area contributed by atoms with Crippen molar-refractivity contribution in [2.45, 2.75) is 6.92 Å². The van der Waals surface area contributed by atoms with Gasteiger partial charge in [0.2, 0.25) is 5.78 Å². The van der Waals surface area contributed by atoms with E-state index in [1.807, 2.05) is 6.92 Å². The summed E-state index contributed by atoms with van der Waals surface area (Å²) >= 11 is 10.2. The van der Waals surface area contributed by atoms with E-state index in [9.17, 15) is 9.18 Å². The van der Waals surface area contributed by atoms with E-state index in [1.165, 1.54) is 23.5 Å². The summed E-state index contributed by atoms with van der Waals surface area (Å²) in [6.45, 7) is 1.83. The summed E-state index contributed by atoms with van der Waals surface area (Å²) in [5, 5.41) is 0. The first-order chi connectivity index (χ1) is 8.00. The van der Waals surface area contributed by atoms with Gasteiger partial charge in [-0.25, -0.2) is 4.39 Å². The normalized spacial score (nSPS) is 10.6. The average molecular weight is 334 g/mol. The van der Waals surface area contributed by atoms with Crippen molar-refractivity contribution in [1.29, 1.82) is 0 Å². The van der Waals surface area contributed by atoms with Crippen LogP contribution >= 0.6 is 38.9 Å². The van der Waals surface area contributed by atoms with Crippen molar-refractivity contribution in [3.63, 3.8) is 0 Å². The second-order valence-electron chi connectivity index (χ2n) is 3.50. The molecule has 17 heavy (non-hydrogen) atoms. The number of halogens is 3. The van der Waals surface area contributed by atoms with Crippen LogP contribution in [-0.2, 0) is 0 Å². The highest BCUT2D eigenvalue weighted by Gasteiger charge is 2.17. The van der Waals surface area contributed by atoms with Crippen LogP contribution in [0.3, 0.4) is 0 Å². The Morgan fingerprint density at radius 1 is 1.47 bits per heavy atom. The third kappa shape index (κ3) is 2.44. The van der Waals surface area contributed by atoms with Gasteiger partial charge in [0.25, 0.3) is 0 Å². The predicted octanol–water partition coefficient (Wildman–Crippen LogP) is 4.84. The summed E-state index contributed by atoms with van der Waals surface area (Å²) in [5.41, 5.74) is 1.16. The fraction of sp³-hybridized carbons (Fsp3) is 0.0833. The van der Waals surface area contributed by atoms with E-state index in [0.29, 0.717) is 14.8 Å². The van der Waals surface area contributed by atoms with Crippen LogP contribution in [0, 0.1) is 12.7 Å². The molecule has 0 fully saturated rings. The molecule has 0 spiro atoms. The largest absolute Gasteiger partial charge is 0.288 e. The van der Waals surface area contributed by atoms with Gasteiger partial charge in [0.05, 0.1) is 13.7 Å². The maximum Gasteiger partial charge on any atom is 0.204 e. The molecule has 0 radical (unpaired) electrons. The lowest BCUT2D eigenvalue weighted by Crippen LogP contribution is -2.00. The minimum Gasteiger partial charge on any atom is -0.288 e. The van der Waals surface area contributed by atoms with Crippen LogP contribution in [0.25, 0.3) is 0 Å². The molecular weight excluding hydrogens is 327 g/mol. The van der Waals surface area contributed by atoms with Gasteiger partial charge >= 0.3 is 0 Å². The van der Waals surface area contributed by atoms with Gasteiger partial charge in [-0.15, -0.1) is 11.3 Å². The Bertz CT molecular complexity index is 575. The Kier molecular flexibility index (Phi) is 3.66. The molecule has 2 rings (SSSR count). The lowest BCUT2D eigenvalue weighted by Gasteiger charge is -2.02. The molecule has 0 aliphatic carbocycles.